The van der Waals surface area contributed by atoms with Gasteiger partial charge in [-0.05, 0) is 30.9 Å². The summed E-state index contributed by atoms with van der Waals surface area (Å²) in [6, 6.07) is 6.00. The maximum atomic E-state index is 10.4. The number of carboxylic acid groups (broad SMARTS) is 1. The fraction of sp³-hybridized carbons (Fsp3) is 0.182. The molecular formula is C11H12O2S. The number of rotatable bonds is 3. The van der Waals surface area contributed by atoms with E-state index in [0.29, 0.717) is 0 Å². The second kappa shape index (κ2) is 4.86. The highest BCUT2D eigenvalue weighted by molar-refractivity contribution is 7.98. The Kier molecular flexibility index (Phi) is 3.77. The molecule has 3 heteroatoms. The Hall–Kier alpha value is -1.22. The topological polar surface area (TPSA) is 37.3 Å². The van der Waals surface area contributed by atoms with E-state index in [1.807, 2.05) is 31.4 Å². The molecule has 0 bridgehead atoms. The van der Waals surface area contributed by atoms with Gasteiger partial charge in [0.05, 0.1) is 0 Å². The van der Waals surface area contributed by atoms with Crippen molar-refractivity contribution in [1.82, 2.24) is 0 Å². The lowest BCUT2D eigenvalue weighted by Crippen LogP contribution is -1.87. The van der Waals surface area contributed by atoms with Crippen LogP contribution in [0.1, 0.15) is 11.1 Å². The quantitative estimate of drug-likeness (QED) is 0.613. The van der Waals surface area contributed by atoms with E-state index in [4.69, 9.17) is 5.11 Å². The van der Waals surface area contributed by atoms with Crippen LogP contribution in [0.2, 0.25) is 0 Å². The molecule has 1 N–H and O–H groups in total. The highest BCUT2D eigenvalue weighted by atomic mass is 32.2. The van der Waals surface area contributed by atoms with Crippen molar-refractivity contribution in [3.8, 4) is 0 Å². The summed E-state index contributed by atoms with van der Waals surface area (Å²) < 4.78 is 0. The van der Waals surface area contributed by atoms with Gasteiger partial charge in [0.1, 0.15) is 0 Å². The second-order valence-corrected chi connectivity index (χ2v) is 3.77. The van der Waals surface area contributed by atoms with Crippen molar-refractivity contribution in [3.05, 3.63) is 35.4 Å². The monoisotopic (exact) mass is 208 g/mol. The Morgan fingerprint density at radius 1 is 1.50 bits per heavy atom. The maximum absolute atomic E-state index is 10.4. The predicted molar refractivity (Wildman–Crippen MR) is 59.6 cm³/mol. The zero-order valence-corrected chi connectivity index (χ0v) is 8.97. The smallest absolute Gasteiger partial charge is 0.328 e. The molecule has 0 amide bonds. The van der Waals surface area contributed by atoms with Crippen LogP contribution >= 0.6 is 11.8 Å². The third-order valence-corrected chi connectivity index (χ3v) is 2.60. The number of hydrogen-bond acceptors (Lipinski definition) is 2. The number of carbonyl (C=O) groups is 1. The Balaban J connectivity index is 3.04. The third kappa shape index (κ3) is 2.92. The highest BCUT2D eigenvalue weighted by Crippen LogP contribution is 2.22. The van der Waals surface area contributed by atoms with Gasteiger partial charge >= 0.3 is 5.97 Å². The molecule has 1 aromatic carbocycles. The molecule has 74 valence electrons. The highest BCUT2D eigenvalue weighted by Gasteiger charge is 1.98. The predicted octanol–water partition coefficient (Wildman–Crippen LogP) is 2.81. The van der Waals surface area contributed by atoms with Crippen LogP contribution in [0, 0.1) is 6.92 Å². The normalized spacial score (nSPS) is 10.7. The molecule has 0 aromatic heterocycles. The van der Waals surface area contributed by atoms with E-state index >= 15 is 0 Å². The average molecular weight is 208 g/mol. The second-order valence-electron chi connectivity index (χ2n) is 2.92. The average Bonchev–Trinajstić information content (AvgIpc) is 2.15. The first-order valence-electron chi connectivity index (χ1n) is 4.19. The Morgan fingerprint density at radius 3 is 2.79 bits per heavy atom. The van der Waals surface area contributed by atoms with Crippen LogP contribution in [0.15, 0.2) is 29.2 Å². The minimum Gasteiger partial charge on any atom is -0.478 e. The summed E-state index contributed by atoms with van der Waals surface area (Å²) in [6.45, 7) is 1.99. The van der Waals surface area contributed by atoms with Crippen LogP contribution in [0.25, 0.3) is 6.08 Å². The van der Waals surface area contributed by atoms with Gasteiger partial charge in [-0.25, -0.2) is 4.79 Å². The summed E-state index contributed by atoms with van der Waals surface area (Å²) in [5.74, 6) is -0.918. The minimum absolute atomic E-state index is 0.918. The van der Waals surface area contributed by atoms with Crippen molar-refractivity contribution in [2.24, 2.45) is 0 Å². The fourth-order valence-electron chi connectivity index (χ4n) is 1.15. The molecule has 1 aromatic rings. The number of thioether (sulfide) groups is 1. The van der Waals surface area contributed by atoms with Crippen LogP contribution < -0.4 is 0 Å². The van der Waals surface area contributed by atoms with Gasteiger partial charge in [-0.2, -0.15) is 0 Å². The lowest BCUT2D eigenvalue weighted by molar-refractivity contribution is -0.131. The number of aliphatic carboxylic acids is 1. The molecule has 1 rings (SSSR count). The Labute approximate surface area is 87.6 Å². The molecule has 0 fully saturated rings. The van der Waals surface area contributed by atoms with Gasteiger partial charge in [0, 0.05) is 11.0 Å². The molecule has 2 nitrogen and oxygen atoms in total. The lowest BCUT2D eigenvalue weighted by Gasteiger charge is -2.03. The van der Waals surface area contributed by atoms with Crippen molar-refractivity contribution >= 4 is 23.8 Å². The SMILES string of the molecule is CSc1ccc(C)cc1/C=C/C(=O)O. The summed E-state index contributed by atoms with van der Waals surface area (Å²) in [5.41, 5.74) is 2.09. The summed E-state index contributed by atoms with van der Waals surface area (Å²) in [5, 5.41) is 8.51. The molecule has 0 heterocycles. The van der Waals surface area contributed by atoms with Crippen LogP contribution in [-0.2, 0) is 4.79 Å². The fourth-order valence-corrected chi connectivity index (χ4v) is 1.71. The van der Waals surface area contributed by atoms with E-state index < -0.39 is 5.97 Å². The van der Waals surface area contributed by atoms with Crippen LogP contribution in [0.3, 0.4) is 0 Å². The Bertz CT molecular complexity index is 370. The lowest BCUT2D eigenvalue weighted by atomic mass is 10.1. The van der Waals surface area contributed by atoms with Crippen molar-refractivity contribution in [3.63, 3.8) is 0 Å². The molecule has 0 aliphatic carbocycles. The van der Waals surface area contributed by atoms with Crippen LogP contribution in [0.5, 0.6) is 0 Å². The van der Waals surface area contributed by atoms with Gasteiger partial charge in [0.2, 0.25) is 0 Å². The summed E-state index contributed by atoms with van der Waals surface area (Å²) in [7, 11) is 0. The molecule has 0 saturated heterocycles. The third-order valence-electron chi connectivity index (χ3n) is 1.79. The van der Waals surface area contributed by atoms with E-state index in [0.717, 1.165) is 22.1 Å². The number of hydrogen-bond donors (Lipinski definition) is 1. The molecular weight excluding hydrogens is 196 g/mol. The summed E-state index contributed by atoms with van der Waals surface area (Å²) in [4.78, 5) is 11.5. The Morgan fingerprint density at radius 2 is 2.21 bits per heavy atom. The standard InChI is InChI=1S/C11H12O2S/c1-8-3-5-10(14-2)9(7-8)4-6-11(12)13/h3-7H,1-2H3,(H,12,13)/b6-4+. The van der Waals surface area contributed by atoms with Gasteiger partial charge in [-0.15, -0.1) is 11.8 Å². The largest absolute Gasteiger partial charge is 0.478 e. The van der Waals surface area contributed by atoms with Gasteiger partial charge in [0.25, 0.3) is 0 Å². The minimum atomic E-state index is -0.918. The van der Waals surface area contributed by atoms with Gasteiger partial charge in [-0.1, -0.05) is 17.7 Å². The molecule has 0 radical (unpaired) electrons. The first kappa shape index (κ1) is 10.9. The zero-order chi connectivity index (χ0) is 10.6. The molecule has 0 aliphatic heterocycles. The first-order valence-corrected chi connectivity index (χ1v) is 5.41. The van der Waals surface area contributed by atoms with Gasteiger partial charge in [0.15, 0.2) is 0 Å². The summed E-state index contributed by atoms with van der Waals surface area (Å²) >= 11 is 1.61. The van der Waals surface area contributed by atoms with Crippen molar-refractivity contribution < 1.29 is 9.90 Å². The molecule has 0 aliphatic rings. The van der Waals surface area contributed by atoms with Crippen molar-refractivity contribution in [2.45, 2.75) is 11.8 Å². The van der Waals surface area contributed by atoms with Crippen LogP contribution in [-0.4, -0.2) is 17.3 Å². The first-order chi connectivity index (χ1) is 6.63. The maximum Gasteiger partial charge on any atom is 0.328 e. The van der Waals surface area contributed by atoms with Crippen LogP contribution in [0.4, 0.5) is 0 Å². The van der Waals surface area contributed by atoms with E-state index in [9.17, 15) is 4.79 Å². The zero-order valence-electron chi connectivity index (χ0n) is 8.15. The molecule has 0 spiro atoms. The molecule has 0 saturated carbocycles. The van der Waals surface area contributed by atoms with Crippen molar-refractivity contribution in [1.29, 1.82) is 0 Å². The van der Waals surface area contributed by atoms with E-state index in [1.54, 1.807) is 17.8 Å². The van der Waals surface area contributed by atoms with E-state index in [1.165, 1.54) is 0 Å². The van der Waals surface area contributed by atoms with Gasteiger partial charge in [-0.3, -0.25) is 0 Å². The van der Waals surface area contributed by atoms with Gasteiger partial charge < -0.3 is 5.11 Å². The van der Waals surface area contributed by atoms with E-state index in [2.05, 4.69) is 0 Å². The molecule has 0 atom stereocenters. The molecule has 0 unspecified atom stereocenters. The van der Waals surface area contributed by atoms with Crippen molar-refractivity contribution in [2.75, 3.05) is 6.26 Å². The summed E-state index contributed by atoms with van der Waals surface area (Å²) in [6.07, 6.45) is 4.76. The number of benzene rings is 1. The van der Waals surface area contributed by atoms with E-state index in [-0.39, 0.29) is 0 Å². The molecule has 14 heavy (non-hydrogen) atoms. The number of carboxylic acids is 1. The number of aryl methyl sites for hydroxylation is 1.